The molecule has 4 heterocycles. The van der Waals surface area contributed by atoms with Crippen LogP contribution in [0.15, 0.2) is 170 Å². The molecule has 1 amide bonds. The number of carboxylic acids is 1. The largest absolute Gasteiger partial charge is 0.508 e. The van der Waals surface area contributed by atoms with Crippen molar-refractivity contribution in [2.75, 3.05) is 12.4 Å². The Kier molecular flexibility index (Phi) is 11.2. The molecule has 1 saturated carbocycles. The predicted molar refractivity (Wildman–Crippen MR) is 271 cm³/mol. The number of pyridine rings is 1. The van der Waals surface area contributed by atoms with Crippen molar-refractivity contribution in [3.05, 3.63) is 199 Å². The maximum atomic E-state index is 16.2. The third kappa shape index (κ3) is 7.14. The number of carbonyl (C=O) groups excluding carboxylic acids is 2. The van der Waals surface area contributed by atoms with Gasteiger partial charge in [-0.3, -0.25) is 14.6 Å². The highest BCUT2D eigenvalue weighted by atomic mass is 32.2. The molecule has 1 aromatic heterocycles. The molecular weight excluding hydrogens is 1020 g/mol. The second kappa shape index (κ2) is 17.1. The van der Waals surface area contributed by atoms with Gasteiger partial charge in [-0.25, -0.2) is 9.59 Å². The Balaban J connectivity index is 0.851. The molecule has 3 N–H and O–H groups in total. The minimum absolute atomic E-state index is 0.0518. The Labute approximate surface area is 429 Å². The molecule has 2 atom stereocenters. The molecule has 0 spiro atoms. The van der Waals surface area contributed by atoms with Crippen molar-refractivity contribution < 1.29 is 64.8 Å². The number of ether oxygens (including phenoxy) is 2. The molecular formula is C56H36F6N2O9S2. The van der Waals surface area contributed by atoms with Crippen molar-refractivity contribution in [3.63, 3.8) is 0 Å². The van der Waals surface area contributed by atoms with Gasteiger partial charge in [-0.2, -0.15) is 26.3 Å². The number of aromatic nitrogens is 1. The van der Waals surface area contributed by atoms with Gasteiger partial charge < -0.3 is 29.4 Å². The molecule has 6 aliphatic rings. The van der Waals surface area contributed by atoms with E-state index < -0.39 is 62.0 Å². The lowest BCUT2D eigenvalue weighted by molar-refractivity contribution is -0.258. The number of phenols is 1. The topological polar surface area (TPSA) is 165 Å². The molecule has 3 aliphatic heterocycles. The van der Waals surface area contributed by atoms with Crippen LogP contribution in [0.5, 0.6) is 11.5 Å². The molecule has 19 heteroatoms. The normalized spacial score (nSPS) is 21.1. The Morgan fingerprint density at radius 1 is 0.693 bits per heavy atom. The van der Waals surface area contributed by atoms with Gasteiger partial charge in [0.05, 0.1) is 15.9 Å². The molecule has 0 saturated heterocycles. The van der Waals surface area contributed by atoms with E-state index in [-0.39, 0.29) is 72.9 Å². The summed E-state index contributed by atoms with van der Waals surface area (Å²) in [5.74, 6) is -19.0. The number of aromatic carboxylic acids is 1. The van der Waals surface area contributed by atoms with Crippen LogP contribution in [0.1, 0.15) is 63.0 Å². The molecule has 0 bridgehead atoms. The van der Waals surface area contributed by atoms with E-state index in [0.29, 0.717) is 37.5 Å². The third-order valence-electron chi connectivity index (χ3n) is 14.0. The maximum Gasteiger partial charge on any atom is 0.380 e. The van der Waals surface area contributed by atoms with Gasteiger partial charge in [-0.1, -0.05) is 23.9 Å². The predicted octanol–water partition coefficient (Wildman–Crippen LogP) is 13.1. The lowest BCUT2D eigenvalue weighted by Gasteiger charge is -2.48. The van der Waals surface area contributed by atoms with Gasteiger partial charge in [-0.15, -0.1) is 11.8 Å². The highest BCUT2D eigenvalue weighted by Gasteiger charge is 2.85. The van der Waals surface area contributed by atoms with Gasteiger partial charge in [0.15, 0.2) is 10.4 Å². The van der Waals surface area contributed by atoms with Crippen molar-refractivity contribution >= 4 is 67.8 Å². The zero-order chi connectivity index (χ0) is 53.3. The highest BCUT2D eigenvalue weighted by Crippen LogP contribution is 2.77. The number of anilines is 1. The van der Waals surface area contributed by atoms with E-state index in [1.54, 1.807) is 12.1 Å². The van der Waals surface area contributed by atoms with Gasteiger partial charge >= 0.3 is 29.7 Å². The standard InChI is InChI=1S/C56H36F6N2O9S2/c1-26-43-45-46(54(59,60)56(61,62)53(45,57)58)44-27(2)48(29-19-21-63-22-20-29)75-55(44,71-4)52(43,3)74-47(26)28-5-7-30(8-6-28)51(70)72-35-14-10-32(11-15-35)64-49(67)31-9-16-36(50(68)69)39(23-31)42-37-17-12-33(65)24-40(37)73-41-25-34(66)13-18-38(41)42/h5-25,65H,1-4H3,(H,64,67)(H,68,69). The van der Waals surface area contributed by atoms with Crippen LogP contribution in [0, 0.1) is 0 Å². The molecule has 378 valence electrons. The zero-order valence-electron chi connectivity index (χ0n) is 39.4. The van der Waals surface area contributed by atoms with Crippen LogP contribution in [-0.4, -0.2) is 67.6 Å². The number of carboxylic acid groups (broad SMARTS) is 1. The smallest absolute Gasteiger partial charge is 0.380 e. The first-order valence-electron chi connectivity index (χ1n) is 22.8. The van der Waals surface area contributed by atoms with E-state index in [1.807, 2.05) is 0 Å². The number of benzene rings is 5. The summed E-state index contributed by atoms with van der Waals surface area (Å²) in [4.78, 5) is 54.8. The fourth-order valence-electron chi connectivity index (χ4n) is 10.5. The molecule has 2 unspecified atom stereocenters. The Hall–Kier alpha value is -7.87. The van der Waals surface area contributed by atoms with Crippen LogP contribution in [0.4, 0.5) is 32.0 Å². The molecule has 11 rings (SSSR count). The number of amides is 1. The quantitative estimate of drug-likeness (QED) is 0.0543. The number of fused-ring (bicyclic) bond motifs is 6. The van der Waals surface area contributed by atoms with Gasteiger partial charge in [0, 0.05) is 85.9 Å². The monoisotopic (exact) mass is 1060 g/mol. The van der Waals surface area contributed by atoms with Crippen LogP contribution in [0.25, 0.3) is 43.2 Å². The number of rotatable bonds is 9. The number of halogens is 6. The first-order valence-corrected chi connectivity index (χ1v) is 24.4. The number of esters is 1. The molecule has 1 fully saturated rings. The van der Waals surface area contributed by atoms with E-state index in [2.05, 4.69) is 10.3 Å². The van der Waals surface area contributed by atoms with Crippen LogP contribution >= 0.6 is 23.5 Å². The molecule has 5 aromatic rings. The molecule has 0 radical (unpaired) electrons. The number of hydrogen-bond donors (Lipinski definition) is 3. The van der Waals surface area contributed by atoms with Gasteiger partial charge in [0.2, 0.25) is 0 Å². The van der Waals surface area contributed by atoms with Gasteiger partial charge in [-0.05, 0) is 145 Å². The number of allylic oxidation sites excluding steroid dienone is 3. The van der Waals surface area contributed by atoms with Gasteiger partial charge in [0.1, 0.15) is 22.8 Å². The van der Waals surface area contributed by atoms with E-state index in [4.69, 9.17) is 13.9 Å². The minimum atomic E-state index is -5.78. The van der Waals surface area contributed by atoms with E-state index in [0.717, 1.165) is 23.5 Å². The number of aromatic hydroxyl groups is 1. The zero-order valence-corrected chi connectivity index (χ0v) is 41.0. The molecule has 11 nitrogen and oxygen atoms in total. The number of methoxy groups -OCH3 is 1. The van der Waals surface area contributed by atoms with Crippen molar-refractivity contribution in [1.29, 1.82) is 0 Å². The molecule has 3 aliphatic carbocycles. The number of carbonyl (C=O) groups is 3. The Bertz CT molecular complexity index is 3840. The lowest BCUT2D eigenvalue weighted by Crippen LogP contribution is -2.53. The summed E-state index contributed by atoms with van der Waals surface area (Å²) in [6.07, 6.45) is 2.93. The fourth-order valence-corrected chi connectivity index (χ4v) is 13.9. The summed E-state index contributed by atoms with van der Waals surface area (Å²) in [7, 11) is 1.24. The van der Waals surface area contributed by atoms with E-state index in [9.17, 15) is 29.4 Å². The minimum Gasteiger partial charge on any atom is -0.508 e. The summed E-state index contributed by atoms with van der Waals surface area (Å²) in [5, 5.41) is 23.5. The van der Waals surface area contributed by atoms with Crippen LogP contribution < -0.4 is 15.5 Å². The number of alkyl halides is 6. The Morgan fingerprint density at radius 3 is 1.99 bits per heavy atom. The summed E-state index contributed by atoms with van der Waals surface area (Å²) in [5.41, 5.74) is -1.79. The van der Waals surface area contributed by atoms with Crippen molar-refractivity contribution in [2.45, 2.75) is 48.2 Å². The first-order chi connectivity index (χ1) is 35.5. The number of nitrogens with one attached hydrogen (secondary N) is 1. The lowest BCUT2D eigenvalue weighted by atomic mass is 9.72. The Morgan fingerprint density at radius 2 is 1.32 bits per heavy atom. The van der Waals surface area contributed by atoms with Crippen LogP contribution in [-0.2, 0) is 4.74 Å². The highest BCUT2D eigenvalue weighted by molar-refractivity contribution is 8.14. The van der Waals surface area contributed by atoms with E-state index >= 15 is 26.3 Å². The van der Waals surface area contributed by atoms with Crippen molar-refractivity contribution in [2.24, 2.45) is 0 Å². The van der Waals surface area contributed by atoms with Crippen molar-refractivity contribution in [1.82, 2.24) is 4.98 Å². The summed E-state index contributed by atoms with van der Waals surface area (Å²) in [6, 6.07) is 27.0. The average Bonchev–Trinajstić information content (AvgIpc) is 4.08. The third-order valence-corrected chi connectivity index (χ3v) is 17.6. The fraction of sp³-hybridized carbons (Fsp3) is 0.161. The summed E-state index contributed by atoms with van der Waals surface area (Å²) in [6.45, 7) is 4.38. The number of thioether (sulfide) groups is 2. The summed E-state index contributed by atoms with van der Waals surface area (Å²) >= 11 is 2.01. The number of nitrogens with zero attached hydrogens (tertiary/aromatic N) is 1. The SMILES string of the molecule is COC12SC(c3ccncc3)=C(C)C1=C1C(=C3C(C)=C(c4ccc(C(=O)Oc5ccc(NC(=O)c6ccc(C(=O)O)c(-c7c8ccc(=O)cc-8oc8cc(O)ccc78)c6)cc5)cc4)SC32C)C(F)(F)C(F)(F)C1(F)F. The van der Waals surface area contributed by atoms with Crippen LogP contribution in [0.3, 0.4) is 0 Å². The molecule has 75 heavy (non-hydrogen) atoms. The van der Waals surface area contributed by atoms with E-state index in [1.165, 1.54) is 143 Å². The van der Waals surface area contributed by atoms with Crippen LogP contribution in [0.2, 0.25) is 0 Å². The summed E-state index contributed by atoms with van der Waals surface area (Å²) < 4.78 is 112. The maximum absolute atomic E-state index is 16.2. The second-order valence-corrected chi connectivity index (χ2v) is 20.9. The molecule has 4 aromatic carbocycles. The van der Waals surface area contributed by atoms with Gasteiger partial charge in [0.25, 0.3) is 5.91 Å². The second-order valence-electron chi connectivity index (χ2n) is 18.3. The van der Waals surface area contributed by atoms with Crippen molar-refractivity contribution in [3.8, 4) is 33.9 Å². The number of phenolic OH excluding ortho intramolecular Hbond substituents is 1. The first kappa shape index (κ1) is 49.3. The number of hydrogen-bond acceptors (Lipinski definition) is 11. The average molecular weight is 1060 g/mol.